The monoisotopic (exact) mass is 331 g/mol. The third-order valence-electron chi connectivity index (χ3n) is 4.57. The first-order valence-electron chi connectivity index (χ1n) is 9.06. The van der Waals surface area contributed by atoms with Gasteiger partial charge in [-0.25, -0.2) is 4.79 Å². The van der Waals surface area contributed by atoms with E-state index in [-0.39, 0.29) is 11.9 Å². The van der Waals surface area contributed by atoms with Crippen molar-refractivity contribution in [3.63, 3.8) is 0 Å². The lowest BCUT2D eigenvalue weighted by Gasteiger charge is -2.21. The number of urea groups is 1. The van der Waals surface area contributed by atoms with Crippen molar-refractivity contribution in [2.24, 2.45) is 0 Å². The highest BCUT2D eigenvalue weighted by Gasteiger charge is 2.15. The molecule has 0 saturated carbocycles. The summed E-state index contributed by atoms with van der Waals surface area (Å²) in [4.78, 5) is 28.2. The molecule has 0 bridgehead atoms. The van der Waals surface area contributed by atoms with Crippen molar-refractivity contribution < 1.29 is 9.59 Å². The largest absolute Gasteiger partial charge is 0.343 e. The Morgan fingerprint density at radius 2 is 1.58 bits per heavy atom. The van der Waals surface area contributed by atoms with Crippen molar-refractivity contribution in [3.05, 3.63) is 29.8 Å². The van der Waals surface area contributed by atoms with Gasteiger partial charge >= 0.3 is 6.03 Å². The van der Waals surface area contributed by atoms with Gasteiger partial charge in [-0.05, 0) is 44.4 Å². The summed E-state index contributed by atoms with van der Waals surface area (Å²) < 4.78 is 0. The molecule has 0 spiro atoms. The molecule has 1 aromatic carbocycles. The van der Waals surface area contributed by atoms with Crippen molar-refractivity contribution >= 4 is 17.6 Å². The lowest BCUT2D eigenvalue weighted by Crippen LogP contribution is -2.35. The molecule has 132 valence electrons. The van der Waals surface area contributed by atoms with E-state index in [4.69, 9.17) is 0 Å². The van der Waals surface area contributed by atoms with Crippen LogP contribution in [-0.4, -0.2) is 47.9 Å². The van der Waals surface area contributed by atoms with Gasteiger partial charge in [-0.3, -0.25) is 4.79 Å². The lowest BCUT2D eigenvalue weighted by molar-refractivity contribution is -0.130. The van der Waals surface area contributed by atoms with Crippen LogP contribution in [0.3, 0.4) is 0 Å². The predicted molar refractivity (Wildman–Crippen MR) is 97.1 cm³/mol. The predicted octanol–water partition coefficient (Wildman–Crippen LogP) is 3.51. The van der Waals surface area contributed by atoms with Crippen molar-refractivity contribution in [2.75, 3.05) is 31.5 Å². The number of anilines is 1. The van der Waals surface area contributed by atoms with Gasteiger partial charge < -0.3 is 15.1 Å². The molecule has 2 rings (SSSR count). The average Bonchev–Trinajstić information content (AvgIpc) is 2.87. The molecule has 24 heavy (non-hydrogen) atoms. The molecule has 0 aliphatic carbocycles. The van der Waals surface area contributed by atoms with Crippen LogP contribution in [0.1, 0.15) is 45.1 Å². The molecule has 0 unspecified atom stereocenters. The molecule has 1 saturated heterocycles. The van der Waals surface area contributed by atoms with E-state index in [9.17, 15) is 9.59 Å². The zero-order chi connectivity index (χ0) is 17.4. The number of hydrogen-bond donors (Lipinski definition) is 1. The minimum atomic E-state index is -0.0242. The molecule has 1 fully saturated rings. The molecule has 1 N–H and O–H groups in total. The summed E-state index contributed by atoms with van der Waals surface area (Å²) in [6.45, 7) is 7.12. The van der Waals surface area contributed by atoms with E-state index in [0.717, 1.165) is 50.3 Å². The molecule has 0 radical (unpaired) electrons. The molecule has 1 aliphatic heterocycles. The van der Waals surface area contributed by atoms with Crippen LogP contribution in [0.2, 0.25) is 0 Å². The number of nitrogens with one attached hydrogen (secondary N) is 1. The van der Waals surface area contributed by atoms with Gasteiger partial charge in [0.2, 0.25) is 5.91 Å². The quantitative estimate of drug-likeness (QED) is 0.898. The molecule has 0 atom stereocenters. The van der Waals surface area contributed by atoms with Crippen LogP contribution in [-0.2, 0) is 11.2 Å². The second-order valence-electron chi connectivity index (χ2n) is 6.27. The van der Waals surface area contributed by atoms with Crippen molar-refractivity contribution in [1.82, 2.24) is 9.80 Å². The third-order valence-corrected chi connectivity index (χ3v) is 4.57. The van der Waals surface area contributed by atoms with Gasteiger partial charge in [0, 0.05) is 31.9 Å². The molecule has 1 heterocycles. The number of rotatable bonds is 5. The highest BCUT2D eigenvalue weighted by Crippen LogP contribution is 2.14. The Balaban J connectivity index is 1.89. The first kappa shape index (κ1) is 18.3. The first-order chi connectivity index (χ1) is 11.6. The number of likely N-dealkylation sites (N-methyl/N-ethyl adjacent to an activating group) is 1. The number of hydrogen-bond acceptors (Lipinski definition) is 2. The van der Waals surface area contributed by atoms with E-state index in [2.05, 4.69) is 5.32 Å². The van der Waals surface area contributed by atoms with Gasteiger partial charge in [-0.1, -0.05) is 25.0 Å². The topological polar surface area (TPSA) is 52.7 Å². The maximum absolute atomic E-state index is 12.3. The standard InChI is InChI=1S/C19H29N3O2/c1-3-21(4-2)18(23)15-16-9-11-17(12-10-16)20-19(24)22-13-7-5-6-8-14-22/h9-12H,3-8,13-15H2,1-2H3,(H,20,24). The summed E-state index contributed by atoms with van der Waals surface area (Å²) in [5, 5.41) is 2.96. The van der Waals surface area contributed by atoms with E-state index in [1.165, 1.54) is 12.8 Å². The van der Waals surface area contributed by atoms with E-state index in [1.54, 1.807) is 0 Å². The number of nitrogens with zero attached hydrogens (tertiary/aromatic N) is 2. The lowest BCUT2D eigenvalue weighted by atomic mass is 10.1. The van der Waals surface area contributed by atoms with Gasteiger partial charge in [-0.15, -0.1) is 0 Å². The van der Waals surface area contributed by atoms with Crippen molar-refractivity contribution in [3.8, 4) is 0 Å². The second kappa shape index (κ2) is 9.30. The minimum absolute atomic E-state index is 0.0242. The third kappa shape index (κ3) is 5.25. The number of likely N-dealkylation sites (tertiary alicyclic amines) is 1. The molecule has 0 aromatic heterocycles. The van der Waals surface area contributed by atoms with Gasteiger partial charge in [0.15, 0.2) is 0 Å². The number of amides is 3. The summed E-state index contributed by atoms with van der Waals surface area (Å²) in [6.07, 6.45) is 4.99. The van der Waals surface area contributed by atoms with Crippen LogP contribution in [0, 0.1) is 0 Å². The molecule has 5 heteroatoms. The van der Waals surface area contributed by atoms with E-state index >= 15 is 0 Å². The Labute approximate surface area is 145 Å². The minimum Gasteiger partial charge on any atom is -0.343 e. The van der Waals surface area contributed by atoms with E-state index in [0.29, 0.717) is 6.42 Å². The molecule has 1 aliphatic rings. The maximum atomic E-state index is 12.3. The van der Waals surface area contributed by atoms with Crippen LogP contribution in [0.15, 0.2) is 24.3 Å². The van der Waals surface area contributed by atoms with Crippen LogP contribution >= 0.6 is 0 Å². The Morgan fingerprint density at radius 3 is 2.12 bits per heavy atom. The maximum Gasteiger partial charge on any atom is 0.321 e. The van der Waals surface area contributed by atoms with Crippen LogP contribution < -0.4 is 5.32 Å². The highest BCUT2D eigenvalue weighted by molar-refractivity contribution is 5.89. The fraction of sp³-hybridized carbons (Fsp3) is 0.579. The fourth-order valence-electron chi connectivity index (χ4n) is 3.04. The Kier molecular flexibility index (Phi) is 7.09. The molecular formula is C19H29N3O2. The molecule has 5 nitrogen and oxygen atoms in total. The molecule has 1 aromatic rings. The van der Waals surface area contributed by atoms with Crippen molar-refractivity contribution in [2.45, 2.75) is 46.0 Å². The summed E-state index contributed by atoms with van der Waals surface area (Å²) in [5.74, 6) is 0.140. The number of carbonyl (C=O) groups excluding carboxylic acids is 2. The van der Waals surface area contributed by atoms with Crippen LogP contribution in [0.25, 0.3) is 0 Å². The van der Waals surface area contributed by atoms with Crippen LogP contribution in [0.4, 0.5) is 10.5 Å². The van der Waals surface area contributed by atoms with E-state index < -0.39 is 0 Å². The first-order valence-corrected chi connectivity index (χ1v) is 9.06. The molecule has 3 amide bonds. The highest BCUT2D eigenvalue weighted by atomic mass is 16.2. The van der Waals surface area contributed by atoms with E-state index in [1.807, 2.05) is 47.9 Å². The summed E-state index contributed by atoms with van der Waals surface area (Å²) >= 11 is 0. The smallest absolute Gasteiger partial charge is 0.321 e. The van der Waals surface area contributed by atoms with Gasteiger partial charge in [0.25, 0.3) is 0 Å². The average molecular weight is 331 g/mol. The summed E-state index contributed by atoms with van der Waals surface area (Å²) in [5.41, 5.74) is 1.75. The fourth-order valence-corrected chi connectivity index (χ4v) is 3.04. The van der Waals surface area contributed by atoms with Gasteiger partial charge in [-0.2, -0.15) is 0 Å². The van der Waals surface area contributed by atoms with Crippen molar-refractivity contribution in [1.29, 1.82) is 0 Å². The van der Waals surface area contributed by atoms with Crippen LogP contribution in [0.5, 0.6) is 0 Å². The normalized spacial score (nSPS) is 14.8. The van der Waals surface area contributed by atoms with Gasteiger partial charge in [0.1, 0.15) is 0 Å². The Hall–Kier alpha value is -2.04. The SMILES string of the molecule is CCN(CC)C(=O)Cc1ccc(NC(=O)N2CCCCCC2)cc1. The second-order valence-corrected chi connectivity index (χ2v) is 6.27. The molecular weight excluding hydrogens is 302 g/mol. The summed E-state index contributed by atoms with van der Waals surface area (Å²) in [6, 6.07) is 7.56. The Bertz CT molecular complexity index is 530. The number of benzene rings is 1. The zero-order valence-corrected chi connectivity index (χ0v) is 14.9. The zero-order valence-electron chi connectivity index (χ0n) is 14.9. The number of carbonyl (C=O) groups is 2. The van der Waals surface area contributed by atoms with Gasteiger partial charge in [0.05, 0.1) is 6.42 Å². The Morgan fingerprint density at radius 1 is 1.00 bits per heavy atom. The summed E-state index contributed by atoms with van der Waals surface area (Å²) in [7, 11) is 0.